The van der Waals surface area contributed by atoms with Gasteiger partial charge >= 0.3 is 0 Å². The van der Waals surface area contributed by atoms with Crippen molar-refractivity contribution in [2.75, 3.05) is 0 Å². The number of nitrogens with zero attached hydrogens (tertiary/aromatic N) is 6. The summed E-state index contributed by atoms with van der Waals surface area (Å²) in [5.74, 6) is 0. The zero-order chi connectivity index (χ0) is 77.1. The maximum absolute atomic E-state index is 7.48. The van der Waals surface area contributed by atoms with E-state index in [1.165, 1.54) is 174 Å². The molecule has 0 aliphatic rings. The molecule has 0 aliphatic heterocycles. The Morgan fingerprint density at radius 1 is 0.188 bits per heavy atom. The van der Waals surface area contributed by atoms with Gasteiger partial charge in [0.2, 0.25) is 34.2 Å². The number of rotatable bonds is 6. The molecule has 0 saturated heterocycles. The Bertz CT molecular complexity index is 4960. The molecule has 6 heterocycles. The minimum atomic E-state index is -2.05. The zero-order valence-electron chi connectivity index (χ0n) is 69.6. The van der Waals surface area contributed by atoms with Gasteiger partial charge in [0.15, 0.2) is 34.2 Å². The Hall–Kier alpha value is -9.78. The predicted octanol–water partition coefficient (Wildman–Crippen LogP) is 20.2. The van der Waals surface area contributed by atoms with Gasteiger partial charge in [-0.25, -0.2) is 0 Å². The second-order valence-electron chi connectivity index (χ2n) is 28.7. The molecule has 0 unspecified atom stereocenters. The number of benzene rings is 6. The lowest BCUT2D eigenvalue weighted by Crippen LogP contribution is -2.35. The fraction of sp³-hybridized carbons (Fsp3) is 0.305. The smallest absolute Gasteiger partial charge is 0.199 e. The van der Waals surface area contributed by atoms with Gasteiger partial charge in [0.25, 0.3) is 0 Å². The van der Waals surface area contributed by atoms with Crippen LogP contribution in [0.4, 0.5) is 0 Å². The van der Waals surface area contributed by atoms with E-state index in [9.17, 15) is 0 Å². The maximum Gasteiger partial charge on any atom is 0.213 e. The topological polar surface area (TPSA) is 23.3 Å². The fourth-order valence-electron chi connectivity index (χ4n) is 13.6. The van der Waals surface area contributed by atoms with E-state index >= 15 is 0 Å². The lowest BCUT2D eigenvalue weighted by atomic mass is 9.98. The summed E-state index contributed by atoms with van der Waals surface area (Å²) in [5.41, 5.74) is 44.1. The predicted molar refractivity (Wildman–Crippen MR) is 427 cm³/mol. The molecule has 0 fully saturated rings. The van der Waals surface area contributed by atoms with Gasteiger partial charge in [-0.15, -0.1) is 0 Å². The van der Waals surface area contributed by atoms with Gasteiger partial charge < -0.3 is 0 Å². The van der Waals surface area contributed by atoms with Crippen LogP contribution in [-0.4, -0.2) is 0 Å². The SMILES string of the molecule is Cc1cc(C)[n+](C)c(-c2c(C)cccc2C)c1.Cc1ccc(-c2cc(C)cc(C)[n+]2C)c(C)c1.Cc1ccc(C)c(-c2cc(C)cc(C)[n+]2C)c1.Cc1ccc(C)c(-c2cc(C)cc(C)[n+]2C)c1.Cc1cccc(C)c1-c1cccc(C)[n+]1C.[2H]C([2H])([2H])c1ccc(-c2cc(C)cc(C)[n+]2C)c(C)c1. The summed E-state index contributed by atoms with van der Waals surface area (Å²) in [6.07, 6.45) is 0. The van der Waals surface area contributed by atoms with E-state index in [0.29, 0.717) is 5.56 Å². The fourth-order valence-corrected chi connectivity index (χ4v) is 13.6. The lowest BCUT2D eigenvalue weighted by Gasteiger charge is -2.10. The van der Waals surface area contributed by atoms with Crippen LogP contribution in [0.25, 0.3) is 67.5 Å². The molecule has 6 heteroatoms. The van der Waals surface area contributed by atoms with Crippen molar-refractivity contribution >= 4 is 0 Å². The largest absolute Gasteiger partial charge is 0.213 e. The first kappa shape index (κ1) is 73.9. The van der Waals surface area contributed by atoms with Crippen molar-refractivity contribution in [3.63, 3.8) is 0 Å². The van der Waals surface area contributed by atoms with E-state index in [4.69, 9.17) is 4.11 Å². The van der Waals surface area contributed by atoms with Gasteiger partial charge in [-0.2, -0.15) is 27.4 Å². The number of pyridine rings is 6. The highest BCUT2D eigenvalue weighted by Crippen LogP contribution is 2.30. The van der Waals surface area contributed by atoms with Crippen molar-refractivity contribution < 1.29 is 31.5 Å². The molecule has 6 aromatic heterocycles. The minimum absolute atomic E-state index is 0.394. The number of hydrogen-bond acceptors (Lipinski definition) is 0. The van der Waals surface area contributed by atoms with E-state index in [-0.39, 0.29) is 0 Å². The lowest BCUT2D eigenvalue weighted by molar-refractivity contribution is -0.666. The third kappa shape index (κ3) is 19.8. The molecule has 0 N–H and O–H groups in total. The molecule has 0 amide bonds. The third-order valence-corrected chi connectivity index (χ3v) is 19.9. The van der Waals surface area contributed by atoms with Crippen LogP contribution >= 0.6 is 0 Å². The summed E-state index contributed by atoms with van der Waals surface area (Å²) in [6, 6.07) is 66.8. The van der Waals surface area contributed by atoms with E-state index in [1.807, 2.05) is 20.0 Å². The first-order chi connectivity index (χ1) is 48.8. The first-order valence-corrected chi connectivity index (χ1v) is 35.6. The summed E-state index contributed by atoms with van der Waals surface area (Å²) in [6.45, 7) is 45.1. The normalized spacial score (nSPS) is 11.2. The Morgan fingerprint density at radius 3 is 0.802 bits per heavy atom. The van der Waals surface area contributed by atoms with E-state index < -0.39 is 6.85 Å². The third-order valence-electron chi connectivity index (χ3n) is 19.9. The molecule has 12 aromatic rings. The number of hydrogen-bond donors (Lipinski definition) is 0. The van der Waals surface area contributed by atoms with Crippen LogP contribution in [0.2, 0.25) is 0 Å². The molecule has 0 radical (unpaired) electrons. The molecule has 101 heavy (non-hydrogen) atoms. The maximum atomic E-state index is 7.48. The Labute approximate surface area is 613 Å². The summed E-state index contributed by atoms with van der Waals surface area (Å²) in [7, 11) is 12.7. The van der Waals surface area contributed by atoms with E-state index in [2.05, 4.69) is 378 Å². The van der Waals surface area contributed by atoms with Gasteiger partial charge in [-0.1, -0.05) is 107 Å². The molecular formula is C95H118N6+6. The van der Waals surface area contributed by atoms with Crippen LogP contribution in [0.1, 0.15) is 133 Å². The van der Waals surface area contributed by atoms with Crippen molar-refractivity contribution in [2.45, 2.75) is 159 Å². The van der Waals surface area contributed by atoms with Gasteiger partial charge in [0.1, 0.15) is 42.3 Å². The van der Waals surface area contributed by atoms with Crippen molar-refractivity contribution in [1.82, 2.24) is 0 Å². The van der Waals surface area contributed by atoms with Gasteiger partial charge in [0, 0.05) is 141 Å². The Kier molecular flexibility index (Phi) is 25.3. The molecule has 6 aromatic carbocycles. The van der Waals surface area contributed by atoms with Crippen LogP contribution < -0.4 is 27.4 Å². The summed E-state index contributed by atoms with van der Waals surface area (Å²) < 4.78 is 35.9. The van der Waals surface area contributed by atoms with Crippen LogP contribution in [0.5, 0.6) is 0 Å². The average molecular weight is 1350 g/mol. The van der Waals surface area contributed by atoms with Crippen LogP contribution in [0, 0.1) is 159 Å². The van der Waals surface area contributed by atoms with Crippen LogP contribution in [0.3, 0.4) is 0 Å². The highest BCUT2D eigenvalue weighted by atomic mass is 15.0. The summed E-state index contributed by atoms with van der Waals surface area (Å²) in [5, 5.41) is 0. The molecule has 0 bridgehead atoms. The summed E-state index contributed by atoms with van der Waals surface area (Å²) in [4.78, 5) is 0. The highest BCUT2D eigenvalue weighted by molar-refractivity contribution is 5.68. The molecule has 6 nitrogen and oxygen atoms in total. The number of aryl methyl sites for hydroxylation is 23. The molecule has 0 aliphatic carbocycles. The Balaban J connectivity index is 0.000000175. The monoisotopic (exact) mass is 1350 g/mol. The number of aromatic nitrogens is 6. The van der Waals surface area contributed by atoms with Crippen molar-refractivity contribution in [3.8, 4) is 67.5 Å². The van der Waals surface area contributed by atoms with Crippen molar-refractivity contribution in [1.29, 1.82) is 0 Å². The molecular weight excluding hydrogens is 1230 g/mol. The second-order valence-corrected chi connectivity index (χ2v) is 28.7. The first-order valence-electron chi connectivity index (χ1n) is 37.1. The molecule has 522 valence electrons. The van der Waals surface area contributed by atoms with E-state index in [1.54, 1.807) is 12.1 Å². The molecule has 0 atom stereocenters. The molecule has 0 spiro atoms. The Morgan fingerprint density at radius 2 is 0.455 bits per heavy atom. The standard InChI is InChI=1S/5C16H20N.C15H18N/c2*1-11-6-7-13(3)15(9-11)16-10-12(2)8-14(4)17(16)5;2*1-11-6-7-15(13(3)8-11)16-10-12(2)9-14(4)17(16)5;1-11-9-14(4)17(5)15(10-11)16-12(2)7-6-8-13(16)3;1-11-7-5-8-12(2)15(11)14-10-6-9-13(3)16(14)4/h5*6-10H,1-5H3;5-10H,1-4H3/q6*+1/i;;1D3;;;. The van der Waals surface area contributed by atoms with Gasteiger partial charge in [-0.05, 0) is 220 Å². The van der Waals surface area contributed by atoms with Gasteiger partial charge in [-0.3, -0.25) is 0 Å². The summed E-state index contributed by atoms with van der Waals surface area (Å²) >= 11 is 0. The zero-order valence-corrected chi connectivity index (χ0v) is 66.6. The molecule has 0 saturated carbocycles. The second kappa shape index (κ2) is 34.5. The van der Waals surface area contributed by atoms with E-state index in [0.717, 1.165) is 16.8 Å². The molecule has 12 rings (SSSR count). The van der Waals surface area contributed by atoms with Crippen LogP contribution in [-0.2, 0) is 42.3 Å². The highest BCUT2D eigenvalue weighted by Gasteiger charge is 2.22. The van der Waals surface area contributed by atoms with Crippen molar-refractivity contribution in [2.24, 2.45) is 42.3 Å². The minimum Gasteiger partial charge on any atom is -0.199 e. The van der Waals surface area contributed by atoms with Gasteiger partial charge in [0.05, 0.1) is 11.1 Å². The quantitative estimate of drug-likeness (QED) is 0.148. The van der Waals surface area contributed by atoms with Crippen LogP contribution in [0.15, 0.2) is 188 Å². The van der Waals surface area contributed by atoms with Crippen molar-refractivity contribution in [3.05, 3.63) is 317 Å². The average Bonchev–Trinajstić information content (AvgIpc) is 0.803.